The van der Waals surface area contributed by atoms with E-state index in [1.54, 1.807) is 36.1 Å². The summed E-state index contributed by atoms with van der Waals surface area (Å²) in [5.41, 5.74) is 2.97. The van der Waals surface area contributed by atoms with E-state index in [0.717, 1.165) is 29.6 Å². The fourth-order valence-corrected chi connectivity index (χ4v) is 5.71. The Morgan fingerprint density at radius 2 is 1.85 bits per heavy atom. The van der Waals surface area contributed by atoms with Crippen molar-refractivity contribution in [2.24, 2.45) is 7.05 Å². The monoisotopic (exact) mass is 385 g/mol. The van der Waals surface area contributed by atoms with Crippen LogP contribution >= 0.6 is 0 Å². The molecule has 27 heavy (non-hydrogen) atoms. The molecule has 7 nitrogen and oxygen atoms in total. The third-order valence-electron chi connectivity index (χ3n) is 5.40. The number of rotatable bonds is 3. The molecule has 4 rings (SSSR count). The van der Waals surface area contributed by atoms with E-state index in [2.05, 4.69) is 15.1 Å². The van der Waals surface area contributed by atoms with Crippen molar-refractivity contribution in [2.75, 3.05) is 13.1 Å². The third kappa shape index (κ3) is 3.12. The molecule has 8 heteroatoms. The predicted molar refractivity (Wildman–Crippen MR) is 103 cm³/mol. The van der Waals surface area contributed by atoms with Crippen molar-refractivity contribution in [2.45, 2.75) is 37.5 Å². The van der Waals surface area contributed by atoms with Crippen LogP contribution in [0.4, 0.5) is 0 Å². The Morgan fingerprint density at radius 3 is 2.52 bits per heavy atom. The minimum atomic E-state index is -3.53. The van der Waals surface area contributed by atoms with Gasteiger partial charge < -0.3 is 0 Å². The number of piperidine rings is 1. The SMILES string of the molecule is Cc1nn(C)c(C)c1S(=O)(=O)N1CCC(c2ccc3cccnc3n2)CC1. The largest absolute Gasteiger partial charge is 0.271 e. The average molecular weight is 385 g/mol. The number of pyridine rings is 2. The van der Waals surface area contributed by atoms with Crippen LogP contribution in [-0.2, 0) is 17.1 Å². The molecule has 1 aliphatic rings. The van der Waals surface area contributed by atoms with Gasteiger partial charge in [-0.25, -0.2) is 18.4 Å². The summed E-state index contributed by atoms with van der Waals surface area (Å²) in [4.78, 5) is 9.35. The average Bonchev–Trinajstić information content (AvgIpc) is 2.93. The van der Waals surface area contributed by atoms with Crippen molar-refractivity contribution in [3.63, 3.8) is 0 Å². The summed E-state index contributed by atoms with van der Waals surface area (Å²) in [6.45, 7) is 4.52. The molecule has 0 saturated carbocycles. The van der Waals surface area contributed by atoms with E-state index in [9.17, 15) is 8.42 Å². The second-order valence-corrected chi connectivity index (χ2v) is 8.96. The smallest absolute Gasteiger partial charge is 0.246 e. The molecule has 1 fully saturated rings. The molecule has 0 unspecified atom stereocenters. The Morgan fingerprint density at radius 1 is 1.11 bits per heavy atom. The lowest BCUT2D eigenvalue weighted by Gasteiger charge is -2.31. The zero-order chi connectivity index (χ0) is 19.2. The van der Waals surface area contributed by atoms with Gasteiger partial charge in [-0.1, -0.05) is 0 Å². The highest BCUT2D eigenvalue weighted by atomic mass is 32.2. The van der Waals surface area contributed by atoms with E-state index in [0.29, 0.717) is 29.4 Å². The number of aryl methyl sites for hydroxylation is 2. The second kappa shape index (κ2) is 6.69. The molecule has 3 aromatic heterocycles. The Hall–Kier alpha value is -2.32. The normalized spacial score (nSPS) is 16.9. The minimum absolute atomic E-state index is 0.249. The Balaban J connectivity index is 1.54. The van der Waals surface area contributed by atoms with Crippen LogP contribution in [0.25, 0.3) is 11.0 Å². The molecule has 0 spiro atoms. The molecule has 0 aliphatic carbocycles. The molecule has 0 bridgehead atoms. The van der Waals surface area contributed by atoms with Gasteiger partial charge in [-0.2, -0.15) is 9.40 Å². The summed E-state index contributed by atoms with van der Waals surface area (Å²) in [5.74, 6) is 0.249. The summed E-state index contributed by atoms with van der Waals surface area (Å²) in [5, 5.41) is 5.27. The van der Waals surface area contributed by atoms with Gasteiger partial charge in [-0.15, -0.1) is 0 Å². The van der Waals surface area contributed by atoms with Crippen LogP contribution in [0.5, 0.6) is 0 Å². The van der Waals surface area contributed by atoms with E-state index in [1.165, 1.54) is 0 Å². The number of sulfonamides is 1. The first-order chi connectivity index (χ1) is 12.9. The highest BCUT2D eigenvalue weighted by Crippen LogP contribution is 2.32. The molecule has 1 aliphatic heterocycles. The van der Waals surface area contributed by atoms with Crippen molar-refractivity contribution in [3.05, 3.63) is 47.5 Å². The van der Waals surface area contributed by atoms with Crippen LogP contribution in [0.1, 0.15) is 35.8 Å². The highest BCUT2D eigenvalue weighted by molar-refractivity contribution is 7.89. The van der Waals surface area contributed by atoms with Crippen molar-refractivity contribution < 1.29 is 8.42 Å². The Labute approximate surface area is 159 Å². The molecule has 0 aromatic carbocycles. The van der Waals surface area contributed by atoms with Crippen LogP contribution in [-0.4, -0.2) is 45.6 Å². The van der Waals surface area contributed by atoms with Crippen molar-refractivity contribution >= 4 is 21.1 Å². The zero-order valence-electron chi connectivity index (χ0n) is 15.8. The van der Waals surface area contributed by atoms with Gasteiger partial charge in [0, 0.05) is 43.3 Å². The molecule has 1 saturated heterocycles. The molecular weight excluding hydrogens is 362 g/mol. The lowest BCUT2D eigenvalue weighted by atomic mass is 9.94. The molecule has 0 N–H and O–H groups in total. The number of fused-ring (bicyclic) bond motifs is 1. The number of hydrogen-bond acceptors (Lipinski definition) is 5. The summed E-state index contributed by atoms with van der Waals surface area (Å²) in [7, 11) is -1.75. The van der Waals surface area contributed by atoms with Gasteiger partial charge in [0.1, 0.15) is 4.90 Å². The van der Waals surface area contributed by atoms with E-state index in [1.807, 2.05) is 24.3 Å². The standard InChI is InChI=1S/C19H23N5O2S/c1-13-18(14(2)23(3)22-13)27(25,26)24-11-8-15(9-12-24)17-7-6-16-5-4-10-20-19(16)21-17/h4-7,10,15H,8-9,11-12H2,1-3H3. The van der Waals surface area contributed by atoms with Crippen LogP contribution in [0, 0.1) is 13.8 Å². The first kappa shape index (κ1) is 18.1. The Kier molecular flexibility index (Phi) is 4.47. The van der Waals surface area contributed by atoms with Crippen molar-refractivity contribution in [1.82, 2.24) is 24.1 Å². The maximum atomic E-state index is 13.1. The lowest BCUT2D eigenvalue weighted by molar-refractivity contribution is 0.316. The Bertz CT molecular complexity index is 1100. The maximum absolute atomic E-state index is 13.1. The van der Waals surface area contributed by atoms with Gasteiger partial charge in [0.25, 0.3) is 0 Å². The molecule has 0 amide bonds. The molecular formula is C19H23N5O2S. The fourth-order valence-electron chi connectivity index (χ4n) is 3.84. The van der Waals surface area contributed by atoms with Gasteiger partial charge in [0.15, 0.2) is 5.65 Å². The van der Waals surface area contributed by atoms with E-state index >= 15 is 0 Å². The van der Waals surface area contributed by atoms with Gasteiger partial charge >= 0.3 is 0 Å². The van der Waals surface area contributed by atoms with E-state index < -0.39 is 10.0 Å². The molecule has 142 valence electrons. The second-order valence-electron chi connectivity index (χ2n) is 7.09. The summed E-state index contributed by atoms with van der Waals surface area (Å²) in [6.07, 6.45) is 3.25. The zero-order valence-corrected chi connectivity index (χ0v) is 16.6. The first-order valence-corrected chi connectivity index (χ1v) is 10.5. The lowest BCUT2D eigenvalue weighted by Crippen LogP contribution is -2.38. The summed E-state index contributed by atoms with van der Waals surface area (Å²) >= 11 is 0. The maximum Gasteiger partial charge on any atom is 0.246 e. The topological polar surface area (TPSA) is 81.0 Å². The predicted octanol–water partition coefficient (Wildman–Crippen LogP) is 2.55. The van der Waals surface area contributed by atoms with Gasteiger partial charge in [-0.3, -0.25) is 4.68 Å². The van der Waals surface area contributed by atoms with Gasteiger partial charge in [-0.05, 0) is 51.0 Å². The molecule has 0 radical (unpaired) electrons. The van der Waals surface area contributed by atoms with Gasteiger partial charge in [0.05, 0.1) is 11.4 Å². The molecule has 3 aromatic rings. The van der Waals surface area contributed by atoms with E-state index in [4.69, 9.17) is 0 Å². The molecule has 4 heterocycles. The number of aromatic nitrogens is 4. The van der Waals surface area contributed by atoms with Crippen molar-refractivity contribution in [1.29, 1.82) is 0 Å². The first-order valence-electron chi connectivity index (χ1n) is 9.10. The van der Waals surface area contributed by atoms with Crippen LogP contribution in [0.2, 0.25) is 0 Å². The van der Waals surface area contributed by atoms with Crippen LogP contribution in [0.3, 0.4) is 0 Å². The van der Waals surface area contributed by atoms with Crippen LogP contribution < -0.4 is 0 Å². The minimum Gasteiger partial charge on any atom is -0.271 e. The number of nitrogens with zero attached hydrogens (tertiary/aromatic N) is 5. The highest BCUT2D eigenvalue weighted by Gasteiger charge is 2.34. The van der Waals surface area contributed by atoms with Gasteiger partial charge in [0.2, 0.25) is 10.0 Å². The quantitative estimate of drug-likeness (QED) is 0.692. The fraction of sp³-hybridized carbons (Fsp3) is 0.421. The summed E-state index contributed by atoms with van der Waals surface area (Å²) in [6, 6.07) is 7.96. The third-order valence-corrected chi connectivity index (χ3v) is 7.55. The van der Waals surface area contributed by atoms with Crippen molar-refractivity contribution in [3.8, 4) is 0 Å². The summed E-state index contributed by atoms with van der Waals surface area (Å²) < 4.78 is 29.4. The molecule has 0 atom stereocenters. The van der Waals surface area contributed by atoms with E-state index in [-0.39, 0.29) is 5.92 Å². The van der Waals surface area contributed by atoms with Crippen LogP contribution in [0.15, 0.2) is 35.4 Å². The number of hydrogen-bond donors (Lipinski definition) is 0.